The number of phenolic OH excluding ortho intramolecular Hbond substituents is 3. The van der Waals surface area contributed by atoms with Gasteiger partial charge in [-0.25, -0.2) is 0 Å². The van der Waals surface area contributed by atoms with E-state index in [9.17, 15) is 24.9 Å². The van der Waals surface area contributed by atoms with E-state index in [1.807, 2.05) is 0 Å². The van der Waals surface area contributed by atoms with Gasteiger partial charge in [-0.15, -0.1) is 0 Å². The fraction of sp³-hybridized carbons (Fsp3) is 0.200. The number of carbonyl (C=O) groups is 2. The van der Waals surface area contributed by atoms with Crippen LogP contribution in [0.3, 0.4) is 0 Å². The predicted octanol–water partition coefficient (Wildman–Crippen LogP) is 2.99. The van der Waals surface area contributed by atoms with Gasteiger partial charge < -0.3 is 20.1 Å². The van der Waals surface area contributed by atoms with Crippen LogP contribution in [0.1, 0.15) is 24.0 Å². The maximum absolute atomic E-state index is 11.9. The Morgan fingerprint density at radius 2 is 1.73 bits per heavy atom. The summed E-state index contributed by atoms with van der Waals surface area (Å²) in [6.07, 6.45) is 3.19. The topological polar surface area (TPSA) is 104 Å². The number of benzene rings is 2. The molecule has 0 atom stereocenters. The highest BCUT2D eigenvalue weighted by Crippen LogP contribution is 2.27. The molecule has 0 fully saturated rings. The number of methoxy groups -OCH3 is 1. The zero-order valence-electron chi connectivity index (χ0n) is 14.3. The van der Waals surface area contributed by atoms with Crippen molar-refractivity contribution in [2.75, 3.05) is 7.11 Å². The van der Waals surface area contributed by atoms with Crippen LogP contribution in [0.5, 0.6) is 23.0 Å². The Balaban J connectivity index is 1.86. The highest BCUT2D eigenvalue weighted by atomic mass is 16.5. The fourth-order valence-electron chi connectivity index (χ4n) is 2.34. The molecule has 0 aliphatic heterocycles. The lowest BCUT2D eigenvalue weighted by Crippen LogP contribution is -2.06. The molecule has 2 rings (SSSR count). The number of Topliss-reactive ketones (excluding diaryl/α,β-unsaturated/α-hetero) is 1. The number of ether oxygens (including phenoxy) is 1. The smallest absolute Gasteiger partial charge is 0.163 e. The van der Waals surface area contributed by atoms with Crippen molar-refractivity contribution in [3.63, 3.8) is 0 Å². The van der Waals surface area contributed by atoms with Crippen LogP contribution in [0.15, 0.2) is 42.5 Å². The van der Waals surface area contributed by atoms with Crippen LogP contribution >= 0.6 is 0 Å². The molecule has 0 bridgehead atoms. The molecule has 0 unspecified atom stereocenters. The number of hydrogen-bond donors (Lipinski definition) is 3. The summed E-state index contributed by atoms with van der Waals surface area (Å²) in [5.41, 5.74) is 1.37. The summed E-state index contributed by atoms with van der Waals surface area (Å²) in [6.45, 7) is 0. The Labute approximate surface area is 151 Å². The van der Waals surface area contributed by atoms with Crippen molar-refractivity contribution in [2.45, 2.75) is 19.3 Å². The zero-order chi connectivity index (χ0) is 19.1. The van der Waals surface area contributed by atoms with Gasteiger partial charge in [0.15, 0.2) is 28.8 Å². The summed E-state index contributed by atoms with van der Waals surface area (Å²) < 4.78 is 4.99. The van der Waals surface area contributed by atoms with Crippen molar-refractivity contribution >= 4 is 17.6 Å². The van der Waals surface area contributed by atoms with Gasteiger partial charge >= 0.3 is 0 Å². The SMILES string of the molecule is COc1cc(/C=C/C(=O)CC(=O)CCc2ccc(O)c(O)c2)ccc1O. The molecule has 0 aliphatic carbocycles. The van der Waals surface area contributed by atoms with Crippen molar-refractivity contribution in [2.24, 2.45) is 0 Å². The van der Waals surface area contributed by atoms with E-state index in [1.165, 1.54) is 31.4 Å². The van der Waals surface area contributed by atoms with Gasteiger partial charge in [-0.2, -0.15) is 0 Å². The Bertz CT molecular complexity index is 838. The van der Waals surface area contributed by atoms with Crippen LogP contribution in [0.2, 0.25) is 0 Å². The van der Waals surface area contributed by atoms with Crippen LogP contribution in [-0.4, -0.2) is 34.0 Å². The van der Waals surface area contributed by atoms with Gasteiger partial charge in [-0.3, -0.25) is 9.59 Å². The van der Waals surface area contributed by atoms with Crippen molar-refractivity contribution < 1.29 is 29.6 Å². The highest BCUT2D eigenvalue weighted by Gasteiger charge is 2.09. The van der Waals surface area contributed by atoms with Crippen LogP contribution in [0, 0.1) is 0 Å². The van der Waals surface area contributed by atoms with E-state index in [2.05, 4.69) is 0 Å². The molecule has 0 saturated carbocycles. The Kier molecular flexibility index (Phi) is 6.38. The number of aromatic hydroxyl groups is 3. The van der Waals surface area contributed by atoms with Gasteiger partial charge in [0.25, 0.3) is 0 Å². The molecule has 6 nitrogen and oxygen atoms in total. The molecule has 3 N–H and O–H groups in total. The first-order chi connectivity index (χ1) is 12.4. The maximum atomic E-state index is 11.9. The first kappa shape index (κ1) is 19.1. The molecule has 0 saturated heterocycles. The van der Waals surface area contributed by atoms with Gasteiger partial charge in [0.2, 0.25) is 0 Å². The molecule has 0 aromatic heterocycles. The Morgan fingerprint density at radius 3 is 2.42 bits per heavy atom. The third-order valence-corrected chi connectivity index (χ3v) is 3.77. The number of allylic oxidation sites excluding steroid dienone is 1. The highest BCUT2D eigenvalue weighted by molar-refractivity contribution is 6.06. The summed E-state index contributed by atoms with van der Waals surface area (Å²) in [7, 11) is 1.43. The number of carbonyl (C=O) groups excluding carboxylic acids is 2. The van der Waals surface area contributed by atoms with E-state index >= 15 is 0 Å². The molecular formula is C20H20O6. The fourth-order valence-corrected chi connectivity index (χ4v) is 2.34. The lowest BCUT2D eigenvalue weighted by atomic mass is 10.0. The summed E-state index contributed by atoms with van der Waals surface area (Å²) in [5, 5.41) is 28.2. The second kappa shape index (κ2) is 8.71. The predicted molar refractivity (Wildman–Crippen MR) is 96.4 cm³/mol. The molecule has 2 aromatic rings. The summed E-state index contributed by atoms with van der Waals surface area (Å²) in [5.74, 6) is -0.685. The van der Waals surface area contributed by atoms with Gasteiger partial charge in [-0.1, -0.05) is 18.2 Å². The summed E-state index contributed by atoms with van der Waals surface area (Å²) >= 11 is 0. The third-order valence-electron chi connectivity index (χ3n) is 3.77. The summed E-state index contributed by atoms with van der Waals surface area (Å²) in [6, 6.07) is 9.03. The second-order valence-corrected chi connectivity index (χ2v) is 5.77. The first-order valence-electron chi connectivity index (χ1n) is 7.99. The quantitative estimate of drug-likeness (QED) is 0.382. The lowest BCUT2D eigenvalue weighted by molar-refractivity contribution is -0.124. The van der Waals surface area contributed by atoms with Crippen LogP contribution < -0.4 is 4.74 Å². The molecule has 0 radical (unpaired) electrons. The minimum atomic E-state index is -0.324. The van der Waals surface area contributed by atoms with Crippen LogP contribution in [-0.2, 0) is 16.0 Å². The van der Waals surface area contributed by atoms with Gasteiger partial charge in [-0.05, 0) is 47.9 Å². The minimum Gasteiger partial charge on any atom is -0.504 e. The molecule has 0 amide bonds. The van der Waals surface area contributed by atoms with Crippen LogP contribution in [0.4, 0.5) is 0 Å². The second-order valence-electron chi connectivity index (χ2n) is 5.77. The van der Waals surface area contributed by atoms with Crippen molar-refractivity contribution in [1.82, 2.24) is 0 Å². The first-order valence-corrected chi connectivity index (χ1v) is 7.99. The van der Waals surface area contributed by atoms with E-state index in [-0.39, 0.29) is 41.7 Å². The Hall–Kier alpha value is -3.28. The largest absolute Gasteiger partial charge is 0.504 e. The van der Waals surface area contributed by atoms with Crippen LogP contribution in [0.25, 0.3) is 6.08 Å². The zero-order valence-corrected chi connectivity index (χ0v) is 14.3. The minimum absolute atomic E-state index is 0.00595. The normalized spacial score (nSPS) is 10.8. The molecule has 2 aromatic carbocycles. The molecule has 136 valence electrons. The molecule has 26 heavy (non-hydrogen) atoms. The van der Waals surface area contributed by atoms with Gasteiger partial charge in [0.05, 0.1) is 13.5 Å². The van der Waals surface area contributed by atoms with Crippen molar-refractivity contribution in [3.8, 4) is 23.0 Å². The van der Waals surface area contributed by atoms with Gasteiger partial charge in [0.1, 0.15) is 5.78 Å². The van der Waals surface area contributed by atoms with Crippen molar-refractivity contribution in [3.05, 3.63) is 53.6 Å². The molecule has 0 heterocycles. The van der Waals surface area contributed by atoms with E-state index in [0.717, 1.165) is 0 Å². The maximum Gasteiger partial charge on any atom is 0.163 e. The average molecular weight is 356 g/mol. The van der Waals surface area contributed by atoms with Crippen molar-refractivity contribution in [1.29, 1.82) is 0 Å². The lowest BCUT2D eigenvalue weighted by Gasteiger charge is -2.04. The standard InChI is InChI=1S/C20H20O6/c1-26-20-11-14(5-9-18(20)24)3-7-16(22)12-15(21)6-2-13-4-8-17(23)19(25)10-13/h3-5,7-11,23-25H,2,6,12H2,1H3/b7-3+. The summed E-state index contributed by atoms with van der Waals surface area (Å²) in [4.78, 5) is 23.8. The van der Waals surface area contributed by atoms with E-state index in [0.29, 0.717) is 23.3 Å². The van der Waals surface area contributed by atoms with E-state index in [4.69, 9.17) is 4.74 Å². The monoisotopic (exact) mass is 356 g/mol. The number of ketones is 2. The average Bonchev–Trinajstić information content (AvgIpc) is 2.62. The molecular weight excluding hydrogens is 336 g/mol. The number of rotatable bonds is 8. The third kappa shape index (κ3) is 5.37. The number of phenols is 3. The van der Waals surface area contributed by atoms with Gasteiger partial charge in [0, 0.05) is 6.42 Å². The molecule has 6 heteroatoms. The van der Waals surface area contributed by atoms with E-state index in [1.54, 1.807) is 24.3 Å². The number of aryl methyl sites for hydroxylation is 1. The van der Waals surface area contributed by atoms with E-state index < -0.39 is 0 Å². The Morgan fingerprint density at radius 1 is 1.00 bits per heavy atom. The number of hydrogen-bond acceptors (Lipinski definition) is 6. The molecule has 0 aliphatic rings. The molecule has 0 spiro atoms.